The molecule has 0 aromatic carbocycles. The maximum absolute atomic E-state index is 12.7. The molecule has 2 aliphatic rings. The summed E-state index contributed by atoms with van der Waals surface area (Å²) in [6, 6.07) is -1.91. The molecule has 0 bridgehead atoms. The second kappa shape index (κ2) is 12.3. The Hall–Kier alpha value is -1.58. The Balaban J connectivity index is 2.22. The Kier molecular flexibility index (Phi) is 10.5. The van der Waals surface area contributed by atoms with Gasteiger partial charge in [0.2, 0.25) is 5.91 Å². The van der Waals surface area contributed by atoms with Gasteiger partial charge in [0.05, 0.1) is 24.8 Å². The quantitative estimate of drug-likeness (QED) is 0.186. The first-order valence-corrected chi connectivity index (χ1v) is 12.3. The maximum Gasteiger partial charge on any atom is 0.410 e. The molecule has 36 heavy (non-hydrogen) atoms. The molecule has 2 rings (SSSR count). The number of nitrogens with one attached hydrogen (secondary N) is 1. The zero-order chi connectivity index (χ0) is 27.4. The van der Waals surface area contributed by atoms with Crippen LogP contribution in [-0.2, 0) is 19.0 Å². The Morgan fingerprint density at radius 1 is 1.25 bits per heavy atom. The highest BCUT2D eigenvalue weighted by Crippen LogP contribution is 2.33. The largest absolute Gasteiger partial charge is 0.444 e. The number of hydrogen-bond acceptors (Lipinski definition) is 11. The molecule has 1 unspecified atom stereocenters. The fraction of sp³-hybridized carbons (Fsp3) is 0.913. The van der Waals surface area contributed by atoms with E-state index in [9.17, 15) is 30.0 Å². The molecule has 2 fully saturated rings. The normalized spacial score (nSPS) is 36.1. The van der Waals surface area contributed by atoms with Crippen molar-refractivity contribution in [2.24, 2.45) is 17.4 Å². The van der Waals surface area contributed by atoms with E-state index in [2.05, 4.69) is 5.32 Å². The third-order valence-electron chi connectivity index (χ3n) is 6.51. The first-order chi connectivity index (χ1) is 16.6. The molecule has 0 aromatic heterocycles. The first-order valence-electron chi connectivity index (χ1n) is 12.3. The van der Waals surface area contributed by atoms with Crippen molar-refractivity contribution in [1.29, 1.82) is 0 Å². The molecule has 1 heterocycles. The van der Waals surface area contributed by atoms with Crippen LogP contribution >= 0.6 is 0 Å². The zero-order valence-corrected chi connectivity index (χ0v) is 21.8. The summed E-state index contributed by atoms with van der Waals surface area (Å²) in [5.74, 6) is -0.778. The first kappa shape index (κ1) is 30.6. The van der Waals surface area contributed by atoms with Gasteiger partial charge in [0.1, 0.15) is 29.5 Å². The van der Waals surface area contributed by atoms with Crippen LogP contribution in [0.2, 0.25) is 0 Å². The predicted octanol–water partition coefficient (Wildman–Crippen LogP) is -2.00. The maximum atomic E-state index is 12.7. The van der Waals surface area contributed by atoms with Crippen LogP contribution in [0.1, 0.15) is 47.0 Å². The van der Waals surface area contributed by atoms with E-state index in [1.54, 1.807) is 20.8 Å². The van der Waals surface area contributed by atoms with Crippen molar-refractivity contribution >= 4 is 12.0 Å². The third kappa shape index (κ3) is 7.71. The summed E-state index contributed by atoms with van der Waals surface area (Å²) < 4.78 is 17.0. The van der Waals surface area contributed by atoms with Gasteiger partial charge in [-0.15, -0.1) is 0 Å². The number of amides is 2. The lowest BCUT2D eigenvalue weighted by Gasteiger charge is -2.49. The van der Waals surface area contributed by atoms with E-state index in [4.69, 9.17) is 25.7 Å². The Morgan fingerprint density at radius 2 is 1.89 bits per heavy atom. The van der Waals surface area contributed by atoms with E-state index in [-0.39, 0.29) is 32.0 Å². The molecule has 9 N–H and O–H groups in total. The van der Waals surface area contributed by atoms with Crippen LogP contribution in [0.4, 0.5) is 4.79 Å². The minimum absolute atomic E-state index is 0.0607. The van der Waals surface area contributed by atoms with Crippen molar-refractivity contribution in [3.8, 4) is 0 Å². The van der Waals surface area contributed by atoms with E-state index in [0.717, 1.165) is 4.90 Å². The Bertz CT molecular complexity index is 748. The molecule has 13 heteroatoms. The number of carbonyl (C=O) groups excluding carboxylic acids is 2. The molecule has 1 aliphatic carbocycles. The summed E-state index contributed by atoms with van der Waals surface area (Å²) in [6.45, 7) is 6.61. The molecule has 0 spiro atoms. The number of nitrogens with two attached hydrogens (primary N) is 2. The van der Waals surface area contributed by atoms with Crippen LogP contribution in [0.3, 0.4) is 0 Å². The molecular formula is C23H44N4O9. The van der Waals surface area contributed by atoms with Crippen molar-refractivity contribution in [3.63, 3.8) is 0 Å². The number of carbonyl (C=O) groups is 2. The molecule has 2 amide bonds. The van der Waals surface area contributed by atoms with Gasteiger partial charge in [0.25, 0.3) is 0 Å². The van der Waals surface area contributed by atoms with Gasteiger partial charge in [-0.05, 0) is 66.0 Å². The molecule has 0 radical (unpaired) electrons. The SMILES string of the molecule is CN(C(=O)OC(C)(C)C)[C@@H]1[C@@H](O)[C@@H](O[C@@H]2[C@@H](O)CC(CN)C[C@H]2NC(=O)[C@H](O)CCN)OC[C@]1(C)O. The number of nitrogens with zero attached hydrogens (tertiary/aromatic N) is 1. The van der Waals surface area contributed by atoms with Gasteiger partial charge in [-0.3, -0.25) is 4.79 Å². The number of ether oxygens (including phenoxy) is 3. The van der Waals surface area contributed by atoms with Gasteiger partial charge in [0.15, 0.2) is 6.29 Å². The van der Waals surface area contributed by atoms with Crippen LogP contribution in [0.5, 0.6) is 0 Å². The Labute approximate surface area is 212 Å². The van der Waals surface area contributed by atoms with Crippen LogP contribution in [0.15, 0.2) is 0 Å². The van der Waals surface area contributed by atoms with E-state index in [1.165, 1.54) is 14.0 Å². The minimum Gasteiger partial charge on any atom is -0.444 e. The van der Waals surface area contributed by atoms with Gasteiger partial charge in [-0.2, -0.15) is 0 Å². The van der Waals surface area contributed by atoms with Crippen LogP contribution in [0, 0.1) is 5.92 Å². The van der Waals surface area contributed by atoms with Gasteiger partial charge in [-0.25, -0.2) is 4.79 Å². The van der Waals surface area contributed by atoms with Crippen molar-refractivity contribution < 1.29 is 44.2 Å². The molecule has 1 saturated heterocycles. The average Bonchev–Trinajstić information content (AvgIpc) is 2.75. The highest BCUT2D eigenvalue weighted by molar-refractivity contribution is 5.80. The van der Waals surface area contributed by atoms with E-state index in [0.29, 0.717) is 12.8 Å². The van der Waals surface area contributed by atoms with Crippen LogP contribution in [-0.4, -0.2) is 118 Å². The summed E-state index contributed by atoms with van der Waals surface area (Å²) in [5.41, 5.74) is 8.79. The van der Waals surface area contributed by atoms with Crippen LogP contribution in [0.25, 0.3) is 0 Å². The second-order valence-electron chi connectivity index (χ2n) is 11.0. The van der Waals surface area contributed by atoms with Gasteiger partial charge in [0, 0.05) is 7.05 Å². The standard InChI is InChI=1S/C23H44N4O9/c1-22(2,3)36-21(32)27(5)18-16(30)20(34-11-23(18,4)33)35-17-13(8-12(10-25)9-15(17)29)26-19(31)14(28)6-7-24/h12-18,20,28-30,33H,6-11,24-25H2,1-5H3,(H,26,31)/t12?,13-,14-,15+,16-,17+,18-,20-,23+/m1/s1. The summed E-state index contributed by atoms with van der Waals surface area (Å²) in [5, 5.41) is 45.5. The number of likely N-dealkylation sites (N-methyl/N-ethyl adjacent to an activating group) is 1. The third-order valence-corrected chi connectivity index (χ3v) is 6.51. The molecule has 1 saturated carbocycles. The minimum atomic E-state index is -1.64. The van der Waals surface area contributed by atoms with Crippen molar-refractivity contribution in [3.05, 3.63) is 0 Å². The summed E-state index contributed by atoms with van der Waals surface area (Å²) >= 11 is 0. The van der Waals surface area contributed by atoms with E-state index < -0.39 is 66.0 Å². The monoisotopic (exact) mass is 520 g/mol. The van der Waals surface area contributed by atoms with Crippen LogP contribution < -0.4 is 16.8 Å². The average molecular weight is 521 g/mol. The lowest BCUT2D eigenvalue weighted by atomic mass is 9.81. The molecule has 210 valence electrons. The highest BCUT2D eigenvalue weighted by Gasteiger charge is 2.52. The molecule has 0 aromatic rings. The topological polar surface area (TPSA) is 210 Å². The van der Waals surface area contributed by atoms with Crippen molar-refractivity contribution in [2.75, 3.05) is 26.7 Å². The Morgan fingerprint density at radius 3 is 2.44 bits per heavy atom. The van der Waals surface area contributed by atoms with Crippen molar-refractivity contribution in [1.82, 2.24) is 10.2 Å². The molecule has 9 atom stereocenters. The van der Waals surface area contributed by atoms with Gasteiger partial charge >= 0.3 is 6.09 Å². The fourth-order valence-electron chi connectivity index (χ4n) is 4.74. The zero-order valence-electron chi connectivity index (χ0n) is 21.8. The van der Waals surface area contributed by atoms with E-state index in [1.807, 2.05) is 0 Å². The summed E-state index contributed by atoms with van der Waals surface area (Å²) in [6.07, 6.45) is -6.32. The lowest BCUT2D eigenvalue weighted by molar-refractivity contribution is -0.302. The number of aliphatic hydroxyl groups is 4. The highest BCUT2D eigenvalue weighted by atomic mass is 16.7. The summed E-state index contributed by atoms with van der Waals surface area (Å²) in [7, 11) is 1.39. The number of rotatable bonds is 8. The fourth-order valence-corrected chi connectivity index (χ4v) is 4.74. The van der Waals surface area contributed by atoms with Gasteiger partial charge < -0.3 is 56.3 Å². The predicted molar refractivity (Wildman–Crippen MR) is 128 cm³/mol. The molecular weight excluding hydrogens is 476 g/mol. The number of hydrogen-bond donors (Lipinski definition) is 7. The van der Waals surface area contributed by atoms with E-state index >= 15 is 0 Å². The molecule has 13 nitrogen and oxygen atoms in total. The number of aliphatic hydroxyl groups excluding tert-OH is 3. The van der Waals surface area contributed by atoms with Gasteiger partial charge in [-0.1, -0.05) is 0 Å². The summed E-state index contributed by atoms with van der Waals surface area (Å²) in [4.78, 5) is 26.2. The van der Waals surface area contributed by atoms with Crippen molar-refractivity contribution in [2.45, 2.75) is 101 Å². The lowest BCUT2D eigenvalue weighted by Crippen LogP contribution is -2.68. The molecule has 1 aliphatic heterocycles. The smallest absolute Gasteiger partial charge is 0.410 e. The second-order valence-corrected chi connectivity index (χ2v) is 11.0.